The number of amides is 1. The predicted molar refractivity (Wildman–Crippen MR) is 121 cm³/mol. The van der Waals surface area contributed by atoms with Crippen molar-refractivity contribution >= 4 is 39.9 Å². The van der Waals surface area contributed by atoms with Gasteiger partial charge in [-0.3, -0.25) is 4.79 Å². The Kier molecular flexibility index (Phi) is 5.58. The lowest BCUT2D eigenvalue weighted by atomic mass is 10.1. The van der Waals surface area contributed by atoms with Crippen molar-refractivity contribution in [1.29, 1.82) is 0 Å². The number of nitrogens with zero attached hydrogens (tertiary/aromatic N) is 4. The fraction of sp³-hybridized carbons (Fsp3) is 0.273. The highest BCUT2D eigenvalue weighted by atomic mass is 35.5. The van der Waals surface area contributed by atoms with E-state index in [1.54, 1.807) is 17.5 Å². The van der Waals surface area contributed by atoms with Crippen LogP contribution in [0.25, 0.3) is 22.3 Å². The molecule has 1 amide bonds. The topological polar surface area (TPSA) is 72.7 Å². The minimum absolute atomic E-state index is 0.167. The van der Waals surface area contributed by atoms with Gasteiger partial charge in [-0.25, -0.2) is 14.6 Å². The van der Waals surface area contributed by atoms with Crippen molar-refractivity contribution in [3.8, 4) is 11.3 Å². The number of rotatable bonds is 5. The number of carbonyl (C=O) groups excluding carboxylic acids is 1. The molecule has 0 spiro atoms. The van der Waals surface area contributed by atoms with Gasteiger partial charge in [-0.2, -0.15) is 5.10 Å². The number of benzene rings is 1. The quantitative estimate of drug-likeness (QED) is 0.455. The second kappa shape index (κ2) is 8.16. The average molecular weight is 440 g/mol. The van der Waals surface area contributed by atoms with Gasteiger partial charge in [0, 0.05) is 26.9 Å². The van der Waals surface area contributed by atoms with Crippen LogP contribution in [0.2, 0.25) is 5.02 Å². The van der Waals surface area contributed by atoms with E-state index in [9.17, 15) is 4.79 Å². The lowest BCUT2D eigenvalue weighted by Crippen LogP contribution is -2.24. The molecule has 0 radical (unpaired) electrons. The predicted octanol–water partition coefficient (Wildman–Crippen LogP) is 5.34. The van der Waals surface area contributed by atoms with E-state index in [-0.39, 0.29) is 11.9 Å². The van der Waals surface area contributed by atoms with Crippen LogP contribution < -0.4 is 5.32 Å². The summed E-state index contributed by atoms with van der Waals surface area (Å²) in [6.07, 6.45) is 1.75. The van der Waals surface area contributed by atoms with Crippen LogP contribution in [0.4, 0.5) is 0 Å². The third-order valence-corrected chi connectivity index (χ3v) is 6.07. The SMILES string of the molecule is Cc1nc2c(cnn2C(C)C)cc1C(=O)NCc1nc(-c2ccc(Cl)cc2)c(C)s1. The zero-order valence-corrected chi connectivity index (χ0v) is 18.8. The monoisotopic (exact) mass is 439 g/mol. The highest BCUT2D eigenvalue weighted by Crippen LogP contribution is 2.28. The number of hydrogen-bond donors (Lipinski definition) is 1. The molecule has 0 aliphatic heterocycles. The lowest BCUT2D eigenvalue weighted by molar-refractivity contribution is 0.0950. The van der Waals surface area contributed by atoms with Gasteiger partial charge in [-0.05, 0) is 45.9 Å². The van der Waals surface area contributed by atoms with E-state index in [2.05, 4.69) is 29.2 Å². The standard InChI is InChI=1S/C22H22ClN5OS/c1-12(2)28-21-16(10-25-28)9-18(13(3)26-21)22(29)24-11-19-27-20(14(4)30-19)15-5-7-17(23)8-6-15/h5-10,12H,11H2,1-4H3,(H,24,29). The number of aromatic nitrogens is 4. The summed E-state index contributed by atoms with van der Waals surface area (Å²) >= 11 is 7.55. The van der Waals surface area contributed by atoms with Gasteiger partial charge < -0.3 is 5.32 Å². The fourth-order valence-electron chi connectivity index (χ4n) is 3.33. The van der Waals surface area contributed by atoms with E-state index in [0.29, 0.717) is 22.8 Å². The Labute approximate surface area is 183 Å². The molecular weight excluding hydrogens is 418 g/mol. The van der Waals surface area contributed by atoms with Gasteiger partial charge in [0.05, 0.1) is 29.7 Å². The Morgan fingerprint density at radius 2 is 1.93 bits per heavy atom. The number of pyridine rings is 1. The molecule has 4 aromatic rings. The number of nitrogens with one attached hydrogen (secondary N) is 1. The highest BCUT2D eigenvalue weighted by molar-refractivity contribution is 7.12. The third-order valence-electron chi connectivity index (χ3n) is 4.85. The second-order valence-electron chi connectivity index (χ2n) is 7.42. The van der Waals surface area contributed by atoms with Crippen LogP contribution in [0.15, 0.2) is 36.5 Å². The lowest BCUT2D eigenvalue weighted by Gasteiger charge is -2.09. The van der Waals surface area contributed by atoms with Gasteiger partial charge in [0.15, 0.2) is 5.65 Å². The zero-order valence-electron chi connectivity index (χ0n) is 17.2. The number of carbonyl (C=O) groups is 1. The van der Waals surface area contributed by atoms with Crippen molar-refractivity contribution in [3.05, 3.63) is 62.7 Å². The van der Waals surface area contributed by atoms with Crippen molar-refractivity contribution in [1.82, 2.24) is 25.1 Å². The van der Waals surface area contributed by atoms with Gasteiger partial charge in [0.2, 0.25) is 0 Å². The highest BCUT2D eigenvalue weighted by Gasteiger charge is 2.16. The maximum Gasteiger partial charge on any atom is 0.253 e. The summed E-state index contributed by atoms with van der Waals surface area (Å²) in [5.41, 5.74) is 3.96. The van der Waals surface area contributed by atoms with Crippen molar-refractivity contribution in [2.24, 2.45) is 0 Å². The largest absolute Gasteiger partial charge is 0.345 e. The molecule has 1 N–H and O–H groups in total. The molecule has 0 aliphatic rings. The van der Waals surface area contributed by atoms with Gasteiger partial charge in [-0.15, -0.1) is 11.3 Å². The van der Waals surface area contributed by atoms with E-state index in [1.807, 2.05) is 48.9 Å². The van der Waals surface area contributed by atoms with Crippen LogP contribution in [-0.2, 0) is 6.54 Å². The molecule has 1 aromatic carbocycles. The van der Waals surface area contributed by atoms with Gasteiger partial charge >= 0.3 is 0 Å². The Balaban J connectivity index is 1.52. The van der Waals surface area contributed by atoms with Gasteiger partial charge in [-0.1, -0.05) is 23.7 Å². The summed E-state index contributed by atoms with van der Waals surface area (Å²) < 4.78 is 1.86. The molecule has 3 heterocycles. The molecular formula is C22H22ClN5OS. The van der Waals surface area contributed by atoms with Crippen LogP contribution in [0.5, 0.6) is 0 Å². The Bertz CT molecular complexity index is 1230. The van der Waals surface area contributed by atoms with Crippen LogP contribution in [0, 0.1) is 13.8 Å². The van der Waals surface area contributed by atoms with Gasteiger partial charge in [0.25, 0.3) is 5.91 Å². The molecule has 0 fully saturated rings. The van der Waals surface area contributed by atoms with Crippen LogP contribution >= 0.6 is 22.9 Å². The first-order valence-electron chi connectivity index (χ1n) is 9.68. The molecule has 0 saturated heterocycles. The van der Waals surface area contributed by atoms with Crippen molar-refractivity contribution in [2.45, 2.75) is 40.3 Å². The smallest absolute Gasteiger partial charge is 0.253 e. The number of hydrogen-bond acceptors (Lipinski definition) is 5. The van der Waals surface area contributed by atoms with E-state index >= 15 is 0 Å². The Morgan fingerprint density at radius 3 is 2.63 bits per heavy atom. The van der Waals surface area contributed by atoms with Crippen LogP contribution in [0.3, 0.4) is 0 Å². The van der Waals surface area contributed by atoms with Gasteiger partial charge in [0.1, 0.15) is 5.01 Å². The molecule has 0 aliphatic carbocycles. The maximum absolute atomic E-state index is 12.8. The normalized spacial score (nSPS) is 11.4. The zero-order chi connectivity index (χ0) is 21.4. The summed E-state index contributed by atoms with van der Waals surface area (Å²) in [5, 5.41) is 9.76. The van der Waals surface area contributed by atoms with E-state index in [0.717, 1.165) is 32.2 Å². The molecule has 8 heteroatoms. The van der Waals surface area contributed by atoms with Crippen molar-refractivity contribution < 1.29 is 4.79 Å². The first-order chi connectivity index (χ1) is 14.3. The van der Waals surface area contributed by atoms with Crippen LogP contribution in [0.1, 0.15) is 45.8 Å². The summed E-state index contributed by atoms with van der Waals surface area (Å²) in [6, 6.07) is 9.67. The van der Waals surface area contributed by atoms with E-state index in [1.165, 1.54) is 0 Å². The summed E-state index contributed by atoms with van der Waals surface area (Å²) in [6.45, 7) is 8.34. The molecule has 0 bridgehead atoms. The molecule has 3 aromatic heterocycles. The number of fused-ring (bicyclic) bond motifs is 1. The van der Waals surface area contributed by atoms with E-state index in [4.69, 9.17) is 16.6 Å². The molecule has 30 heavy (non-hydrogen) atoms. The van der Waals surface area contributed by atoms with E-state index < -0.39 is 0 Å². The van der Waals surface area contributed by atoms with Crippen molar-refractivity contribution in [2.75, 3.05) is 0 Å². The van der Waals surface area contributed by atoms with Crippen molar-refractivity contribution in [3.63, 3.8) is 0 Å². The summed E-state index contributed by atoms with van der Waals surface area (Å²) in [4.78, 5) is 23.2. The minimum Gasteiger partial charge on any atom is -0.345 e. The summed E-state index contributed by atoms with van der Waals surface area (Å²) in [5.74, 6) is -0.167. The first-order valence-corrected chi connectivity index (χ1v) is 10.9. The third kappa shape index (κ3) is 3.95. The Hall–Kier alpha value is -2.77. The molecule has 0 unspecified atom stereocenters. The second-order valence-corrected chi connectivity index (χ2v) is 9.14. The molecule has 154 valence electrons. The number of aryl methyl sites for hydroxylation is 2. The Morgan fingerprint density at radius 1 is 1.20 bits per heavy atom. The average Bonchev–Trinajstić information content (AvgIpc) is 3.29. The number of thiazole rings is 1. The summed E-state index contributed by atoms with van der Waals surface area (Å²) in [7, 11) is 0. The first kappa shape index (κ1) is 20.5. The van der Waals surface area contributed by atoms with Crippen LogP contribution in [-0.4, -0.2) is 25.7 Å². The molecule has 6 nitrogen and oxygen atoms in total. The minimum atomic E-state index is -0.167. The fourth-order valence-corrected chi connectivity index (χ4v) is 4.35. The maximum atomic E-state index is 12.8. The molecule has 0 saturated carbocycles. The molecule has 4 rings (SSSR count). The molecule has 0 atom stereocenters. The number of halogens is 1.